The summed E-state index contributed by atoms with van der Waals surface area (Å²) in [6.07, 6.45) is 7.64. The first-order valence-corrected chi connectivity index (χ1v) is 9.96. The van der Waals surface area contributed by atoms with Gasteiger partial charge in [0.15, 0.2) is 0 Å². The van der Waals surface area contributed by atoms with Gasteiger partial charge in [-0.3, -0.25) is 0 Å². The molecule has 2 aromatic rings. The second kappa shape index (κ2) is 8.03. The summed E-state index contributed by atoms with van der Waals surface area (Å²) in [7, 11) is 1.39. The Morgan fingerprint density at radius 3 is 2.56 bits per heavy atom. The minimum atomic E-state index is -0.338. The Bertz CT molecular complexity index is 794. The van der Waals surface area contributed by atoms with Crippen LogP contribution in [-0.4, -0.2) is 19.7 Å². The van der Waals surface area contributed by atoms with Crippen LogP contribution in [0.15, 0.2) is 42.5 Å². The van der Waals surface area contributed by atoms with Crippen LogP contribution in [0, 0.1) is 0 Å². The minimum absolute atomic E-state index is 0.181. The van der Waals surface area contributed by atoms with Crippen LogP contribution in [0.1, 0.15) is 72.0 Å². The zero-order valence-electron chi connectivity index (χ0n) is 15.9. The quantitative estimate of drug-likeness (QED) is 0.731. The van der Waals surface area contributed by atoms with Crippen molar-refractivity contribution in [1.29, 1.82) is 0 Å². The Morgan fingerprint density at radius 1 is 1.04 bits per heavy atom. The second-order valence-electron chi connectivity index (χ2n) is 7.54. The molecule has 1 aliphatic carbocycles. The maximum absolute atomic E-state index is 11.7. The van der Waals surface area contributed by atoms with Crippen molar-refractivity contribution in [1.82, 2.24) is 0 Å². The van der Waals surface area contributed by atoms with E-state index in [1.165, 1.54) is 44.8 Å². The highest BCUT2D eigenvalue weighted by Crippen LogP contribution is 2.36. The number of carbonyl (C=O) groups is 1. The van der Waals surface area contributed by atoms with Crippen LogP contribution in [0.5, 0.6) is 5.75 Å². The summed E-state index contributed by atoms with van der Waals surface area (Å²) >= 11 is 0. The molecule has 2 aliphatic rings. The molecule has 1 atom stereocenters. The molecule has 0 spiro atoms. The minimum Gasteiger partial charge on any atom is -0.493 e. The smallest absolute Gasteiger partial charge is 0.337 e. The molecule has 0 aromatic heterocycles. The molecule has 1 fully saturated rings. The SMILES string of the molecule is COC(=O)c1ccc2c(c1)OCCC2Nc1ccc(C2CCCCC2)cc1. The molecule has 1 N–H and O–H groups in total. The van der Waals surface area contributed by atoms with E-state index in [4.69, 9.17) is 9.47 Å². The highest BCUT2D eigenvalue weighted by atomic mass is 16.5. The average Bonchev–Trinajstić information content (AvgIpc) is 2.74. The van der Waals surface area contributed by atoms with Crippen molar-refractivity contribution in [3.63, 3.8) is 0 Å². The summed E-state index contributed by atoms with van der Waals surface area (Å²) in [6.45, 7) is 0.634. The summed E-state index contributed by atoms with van der Waals surface area (Å²) in [6, 6.07) is 14.7. The molecular formula is C23H27NO3. The largest absolute Gasteiger partial charge is 0.493 e. The van der Waals surface area contributed by atoms with Gasteiger partial charge in [-0.05, 0) is 48.6 Å². The lowest BCUT2D eigenvalue weighted by molar-refractivity contribution is 0.0600. The molecule has 0 radical (unpaired) electrons. The number of benzene rings is 2. The van der Waals surface area contributed by atoms with E-state index in [2.05, 4.69) is 29.6 Å². The summed E-state index contributed by atoms with van der Waals surface area (Å²) in [4.78, 5) is 11.7. The number of rotatable bonds is 4. The molecule has 1 unspecified atom stereocenters. The zero-order valence-corrected chi connectivity index (χ0v) is 15.9. The molecule has 1 aliphatic heterocycles. The third-order valence-electron chi connectivity index (χ3n) is 5.80. The van der Waals surface area contributed by atoms with E-state index < -0.39 is 0 Å². The van der Waals surface area contributed by atoms with Gasteiger partial charge in [0, 0.05) is 17.7 Å². The van der Waals surface area contributed by atoms with Crippen LogP contribution < -0.4 is 10.1 Å². The van der Waals surface area contributed by atoms with Crippen molar-refractivity contribution in [3.8, 4) is 5.75 Å². The van der Waals surface area contributed by atoms with Crippen LogP contribution in [0.3, 0.4) is 0 Å². The lowest BCUT2D eigenvalue weighted by Gasteiger charge is -2.28. The summed E-state index contributed by atoms with van der Waals surface area (Å²) in [5.74, 6) is 1.16. The number of ether oxygens (including phenoxy) is 2. The van der Waals surface area contributed by atoms with E-state index in [9.17, 15) is 4.79 Å². The molecular weight excluding hydrogens is 338 g/mol. The number of fused-ring (bicyclic) bond motifs is 1. The predicted octanol–water partition coefficient (Wildman–Crippen LogP) is 5.46. The Balaban J connectivity index is 1.48. The van der Waals surface area contributed by atoms with E-state index in [1.54, 1.807) is 12.1 Å². The zero-order chi connectivity index (χ0) is 18.6. The molecule has 1 heterocycles. The fourth-order valence-electron chi connectivity index (χ4n) is 4.27. The molecule has 0 saturated heterocycles. The number of hydrogen-bond acceptors (Lipinski definition) is 4. The van der Waals surface area contributed by atoms with Crippen molar-refractivity contribution in [2.45, 2.75) is 50.5 Å². The molecule has 0 amide bonds. The lowest BCUT2D eigenvalue weighted by atomic mass is 9.84. The Hall–Kier alpha value is -2.49. The fraction of sp³-hybridized carbons (Fsp3) is 0.435. The van der Waals surface area contributed by atoms with Gasteiger partial charge in [-0.1, -0.05) is 37.5 Å². The van der Waals surface area contributed by atoms with Gasteiger partial charge in [0.2, 0.25) is 0 Å². The van der Waals surface area contributed by atoms with E-state index >= 15 is 0 Å². The van der Waals surface area contributed by atoms with Gasteiger partial charge in [0.1, 0.15) is 5.75 Å². The average molecular weight is 365 g/mol. The highest BCUT2D eigenvalue weighted by molar-refractivity contribution is 5.90. The van der Waals surface area contributed by atoms with Gasteiger partial charge < -0.3 is 14.8 Å². The molecule has 1 saturated carbocycles. The maximum Gasteiger partial charge on any atom is 0.337 e. The van der Waals surface area contributed by atoms with Crippen molar-refractivity contribution in [3.05, 3.63) is 59.2 Å². The lowest BCUT2D eigenvalue weighted by Crippen LogP contribution is -2.21. The van der Waals surface area contributed by atoms with E-state index in [-0.39, 0.29) is 12.0 Å². The molecule has 27 heavy (non-hydrogen) atoms. The van der Waals surface area contributed by atoms with Gasteiger partial charge in [-0.15, -0.1) is 0 Å². The summed E-state index contributed by atoms with van der Waals surface area (Å²) in [5, 5.41) is 3.63. The van der Waals surface area contributed by atoms with Crippen molar-refractivity contribution in [2.75, 3.05) is 19.0 Å². The van der Waals surface area contributed by atoms with E-state index in [0.29, 0.717) is 12.2 Å². The van der Waals surface area contributed by atoms with Gasteiger partial charge in [0.25, 0.3) is 0 Å². The number of methoxy groups -OCH3 is 1. The summed E-state index contributed by atoms with van der Waals surface area (Å²) in [5.41, 5.74) is 4.21. The number of nitrogens with one attached hydrogen (secondary N) is 1. The van der Waals surface area contributed by atoms with E-state index in [1.807, 2.05) is 6.07 Å². The molecule has 142 valence electrons. The third kappa shape index (κ3) is 3.95. The molecule has 4 nitrogen and oxygen atoms in total. The van der Waals surface area contributed by atoms with Crippen LogP contribution in [0.25, 0.3) is 0 Å². The third-order valence-corrected chi connectivity index (χ3v) is 5.80. The van der Waals surface area contributed by atoms with Gasteiger partial charge in [0.05, 0.1) is 25.3 Å². The van der Waals surface area contributed by atoms with Crippen molar-refractivity contribution < 1.29 is 14.3 Å². The molecule has 0 bridgehead atoms. The van der Waals surface area contributed by atoms with Crippen LogP contribution in [0.4, 0.5) is 5.69 Å². The number of esters is 1. The first kappa shape index (κ1) is 17.9. The number of anilines is 1. The second-order valence-corrected chi connectivity index (χ2v) is 7.54. The molecule has 2 aromatic carbocycles. The van der Waals surface area contributed by atoms with Gasteiger partial charge >= 0.3 is 5.97 Å². The van der Waals surface area contributed by atoms with Gasteiger partial charge in [-0.2, -0.15) is 0 Å². The van der Waals surface area contributed by atoms with E-state index in [0.717, 1.165) is 29.3 Å². The monoisotopic (exact) mass is 365 g/mol. The predicted molar refractivity (Wildman–Crippen MR) is 107 cm³/mol. The maximum atomic E-state index is 11.7. The Kier molecular flexibility index (Phi) is 5.33. The number of hydrogen-bond donors (Lipinski definition) is 1. The van der Waals surface area contributed by atoms with Crippen LogP contribution >= 0.6 is 0 Å². The highest BCUT2D eigenvalue weighted by Gasteiger charge is 2.23. The Morgan fingerprint density at radius 2 is 1.81 bits per heavy atom. The first-order chi connectivity index (χ1) is 13.2. The van der Waals surface area contributed by atoms with Crippen molar-refractivity contribution >= 4 is 11.7 Å². The molecule has 4 rings (SSSR count). The topological polar surface area (TPSA) is 47.6 Å². The standard InChI is InChI=1S/C23H27NO3/c1-26-23(25)18-9-12-20-21(13-14-27-22(20)15-18)24-19-10-7-17(8-11-19)16-5-3-2-4-6-16/h7-12,15-16,21,24H,2-6,13-14H2,1H3. The normalized spacial score (nSPS) is 19.7. The van der Waals surface area contributed by atoms with Crippen LogP contribution in [0.2, 0.25) is 0 Å². The Labute approximate surface area is 160 Å². The van der Waals surface area contributed by atoms with Crippen molar-refractivity contribution in [2.24, 2.45) is 0 Å². The van der Waals surface area contributed by atoms with Crippen LogP contribution in [-0.2, 0) is 4.74 Å². The fourth-order valence-corrected chi connectivity index (χ4v) is 4.27. The number of carbonyl (C=O) groups excluding carboxylic acids is 1. The first-order valence-electron chi connectivity index (χ1n) is 9.96. The van der Waals surface area contributed by atoms with Gasteiger partial charge in [-0.25, -0.2) is 4.79 Å². The summed E-state index contributed by atoms with van der Waals surface area (Å²) < 4.78 is 10.6. The molecule has 4 heteroatoms.